The SMILES string of the molecule is NC(=O)c1ccc(CN(CC(=O)NCC(F)(F)F)C2CC2)cc1. The molecule has 0 spiro atoms. The fraction of sp³-hybridized carbons (Fsp3) is 0.467. The zero-order valence-electron chi connectivity index (χ0n) is 12.4. The van der Waals surface area contributed by atoms with Gasteiger partial charge in [0.25, 0.3) is 0 Å². The average Bonchev–Trinajstić information content (AvgIpc) is 3.29. The van der Waals surface area contributed by atoms with Gasteiger partial charge in [-0.1, -0.05) is 12.1 Å². The molecule has 0 heterocycles. The van der Waals surface area contributed by atoms with Crippen LogP contribution in [0.1, 0.15) is 28.8 Å². The van der Waals surface area contributed by atoms with E-state index >= 15 is 0 Å². The summed E-state index contributed by atoms with van der Waals surface area (Å²) in [5.41, 5.74) is 6.41. The molecule has 1 aliphatic carbocycles. The van der Waals surface area contributed by atoms with Crippen LogP contribution in [0, 0.1) is 0 Å². The van der Waals surface area contributed by atoms with Gasteiger partial charge in [-0.15, -0.1) is 0 Å². The molecule has 8 heteroatoms. The van der Waals surface area contributed by atoms with Gasteiger partial charge in [-0.2, -0.15) is 13.2 Å². The minimum Gasteiger partial charge on any atom is -0.366 e. The molecule has 0 unspecified atom stereocenters. The van der Waals surface area contributed by atoms with E-state index in [-0.39, 0.29) is 12.6 Å². The number of primary amides is 1. The summed E-state index contributed by atoms with van der Waals surface area (Å²) >= 11 is 0. The summed E-state index contributed by atoms with van der Waals surface area (Å²) < 4.78 is 36.3. The first-order valence-electron chi connectivity index (χ1n) is 7.21. The number of rotatable bonds is 7. The highest BCUT2D eigenvalue weighted by atomic mass is 19.4. The van der Waals surface area contributed by atoms with Crippen LogP contribution in [-0.2, 0) is 11.3 Å². The van der Waals surface area contributed by atoms with Crippen LogP contribution in [0.5, 0.6) is 0 Å². The molecule has 0 radical (unpaired) electrons. The molecule has 0 aromatic heterocycles. The first-order valence-corrected chi connectivity index (χ1v) is 7.21. The summed E-state index contributed by atoms with van der Waals surface area (Å²) in [4.78, 5) is 24.5. The van der Waals surface area contributed by atoms with Gasteiger partial charge in [0, 0.05) is 18.2 Å². The quantitative estimate of drug-likeness (QED) is 0.794. The van der Waals surface area contributed by atoms with E-state index in [4.69, 9.17) is 5.73 Å². The molecule has 23 heavy (non-hydrogen) atoms. The third-order valence-corrected chi connectivity index (χ3v) is 3.52. The Morgan fingerprint density at radius 1 is 1.22 bits per heavy atom. The van der Waals surface area contributed by atoms with Crippen molar-refractivity contribution in [1.82, 2.24) is 10.2 Å². The van der Waals surface area contributed by atoms with Crippen molar-refractivity contribution in [3.63, 3.8) is 0 Å². The van der Waals surface area contributed by atoms with Crippen molar-refractivity contribution in [2.24, 2.45) is 5.73 Å². The maximum absolute atomic E-state index is 12.1. The van der Waals surface area contributed by atoms with Gasteiger partial charge in [0.15, 0.2) is 0 Å². The highest BCUT2D eigenvalue weighted by Gasteiger charge is 2.32. The maximum Gasteiger partial charge on any atom is 0.405 e. The topological polar surface area (TPSA) is 75.4 Å². The van der Waals surface area contributed by atoms with Crippen molar-refractivity contribution in [1.29, 1.82) is 0 Å². The molecule has 0 atom stereocenters. The van der Waals surface area contributed by atoms with E-state index in [0.29, 0.717) is 12.1 Å². The van der Waals surface area contributed by atoms with Gasteiger partial charge in [-0.25, -0.2) is 0 Å². The Bertz CT molecular complexity index is 568. The number of nitrogens with zero attached hydrogens (tertiary/aromatic N) is 1. The normalized spacial score (nSPS) is 14.8. The number of nitrogens with two attached hydrogens (primary N) is 1. The van der Waals surface area contributed by atoms with Crippen LogP contribution in [0.15, 0.2) is 24.3 Å². The van der Waals surface area contributed by atoms with Gasteiger partial charge in [0.1, 0.15) is 6.54 Å². The molecule has 2 rings (SSSR count). The van der Waals surface area contributed by atoms with Gasteiger partial charge < -0.3 is 11.1 Å². The molecule has 1 aromatic rings. The van der Waals surface area contributed by atoms with Crippen molar-refractivity contribution in [3.05, 3.63) is 35.4 Å². The van der Waals surface area contributed by atoms with Crippen molar-refractivity contribution in [2.75, 3.05) is 13.1 Å². The van der Waals surface area contributed by atoms with Gasteiger partial charge >= 0.3 is 6.18 Å². The van der Waals surface area contributed by atoms with Crippen molar-refractivity contribution in [3.8, 4) is 0 Å². The summed E-state index contributed by atoms with van der Waals surface area (Å²) in [6.45, 7) is -0.973. The second-order valence-electron chi connectivity index (χ2n) is 5.59. The second-order valence-corrected chi connectivity index (χ2v) is 5.59. The molecule has 0 aliphatic heterocycles. The zero-order valence-corrected chi connectivity index (χ0v) is 12.4. The van der Waals surface area contributed by atoms with Crippen molar-refractivity contribution >= 4 is 11.8 Å². The lowest BCUT2D eigenvalue weighted by molar-refractivity contribution is -0.139. The summed E-state index contributed by atoms with van der Waals surface area (Å²) in [6.07, 6.45) is -2.57. The number of hydrogen-bond donors (Lipinski definition) is 2. The average molecular weight is 329 g/mol. The Kier molecular flexibility index (Phi) is 5.25. The highest BCUT2D eigenvalue weighted by Crippen LogP contribution is 2.28. The van der Waals surface area contributed by atoms with E-state index in [2.05, 4.69) is 0 Å². The Morgan fingerprint density at radius 2 is 1.83 bits per heavy atom. The largest absolute Gasteiger partial charge is 0.405 e. The van der Waals surface area contributed by atoms with E-state index in [1.165, 1.54) is 0 Å². The maximum atomic E-state index is 12.1. The predicted molar refractivity (Wildman–Crippen MR) is 77.5 cm³/mol. The second kappa shape index (κ2) is 6.99. The summed E-state index contributed by atoms with van der Waals surface area (Å²) in [5.74, 6) is -1.18. The first-order chi connectivity index (χ1) is 10.7. The number of halogens is 3. The number of hydrogen-bond acceptors (Lipinski definition) is 3. The Balaban J connectivity index is 1.91. The standard InChI is InChI=1S/C15H18F3N3O2/c16-15(17,18)9-20-13(22)8-21(12-5-6-12)7-10-1-3-11(4-2-10)14(19)23/h1-4,12H,5-9H2,(H2,19,23)(H,20,22). The van der Waals surface area contributed by atoms with Crippen molar-refractivity contribution < 1.29 is 22.8 Å². The lowest BCUT2D eigenvalue weighted by atomic mass is 10.1. The Hall–Kier alpha value is -2.09. The molecule has 1 aliphatic rings. The van der Waals surface area contributed by atoms with Crippen LogP contribution in [0.3, 0.4) is 0 Å². The summed E-state index contributed by atoms with van der Waals surface area (Å²) in [6, 6.07) is 6.84. The van der Waals surface area contributed by atoms with E-state index in [1.54, 1.807) is 24.3 Å². The number of nitrogens with one attached hydrogen (secondary N) is 1. The number of alkyl halides is 3. The molecule has 1 aromatic carbocycles. The fourth-order valence-corrected chi connectivity index (χ4v) is 2.20. The molecule has 3 N–H and O–H groups in total. The van der Waals surface area contributed by atoms with Gasteiger partial charge in [-0.3, -0.25) is 14.5 Å². The van der Waals surface area contributed by atoms with Crippen LogP contribution in [0.4, 0.5) is 13.2 Å². The van der Waals surface area contributed by atoms with E-state index < -0.39 is 24.5 Å². The van der Waals surface area contributed by atoms with Crippen LogP contribution < -0.4 is 11.1 Å². The molecule has 2 amide bonds. The number of amides is 2. The Morgan fingerprint density at radius 3 is 2.30 bits per heavy atom. The van der Waals surface area contributed by atoms with E-state index in [0.717, 1.165) is 18.4 Å². The first kappa shape index (κ1) is 17.3. The van der Waals surface area contributed by atoms with Crippen LogP contribution >= 0.6 is 0 Å². The minimum absolute atomic E-state index is 0.0850. The number of carbonyl (C=O) groups excluding carboxylic acids is 2. The Labute approximate surface area is 131 Å². The molecule has 1 fully saturated rings. The number of carbonyl (C=O) groups is 2. The lowest BCUT2D eigenvalue weighted by Gasteiger charge is -2.21. The van der Waals surface area contributed by atoms with Crippen molar-refractivity contribution in [2.45, 2.75) is 31.6 Å². The summed E-state index contributed by atoms with van der Waals surface area (Å²) in [7, 11) is 0. The fourth-order valence-electron chi connectivity index (χ4n) is 2.20. The molecular formula is C15H18F3N3O2. The monoisotopic (exact) mass is 329 g/mol. The number of benzene rings is 1. The van der Waals surface area contributed by atoms with E-state index in [9.17, 15) is 22.8 Å². The highest BCUT2D eigenvalue weighted by molar-refractivity contribution is 5.92. The molecule has 126 valence electrons. The molecule has 0 bridgehead atoms. The molecule has 0 saturated heterocycles. The van der Waals surface area contributed by atoms with Crippen LogP contribution in [0.25, 0.3) is 0 Å². The zero-order chi connectivity index (χ0) is 17.0. The summed E-state index contributed by atoms with van der Waals surface area (Å²) in [5, 5.41) is 1.88. The molecular weight excluding hydrogens is 311 g/mol. The van der Waals surface area contributed by atoms with Gasteiger partial charge in [-0.05, 0) is 30.5 Å². The van der Waals surface area contributed by atoms with Gasteiger partial charge in [0.2, 0.25) is 11.8 Å². The van der Waals surface area contributed by atoms with Crippen LogP contribution in [-0.4, -0.2) is 42.0 Å². The minimum atomic E-state index is -4.41. The molecule has 5 nitrogen and oxygen atoms in total. The van der Waals surface area contributed by atoms with Crippen LogP contribution in [0.2, 0.25) is 0 Å². The van der Waals surface area contributed by atoms with E-state index in [1.807, 2.05) is 10.2 Å². The lowest BCUT2D eigenvalue weighted by Crippen LogP contribution is -2.41. The third-order valence-electron chi connectivity index (χ3n) is 3.52. The predicted octanol–water partition coefficient (Wildman–Crippen LogP) is 1.43. The third kappa shape index (κ3) is 5.90. The smallest absolute Gasteiger partial charge is 0.366 e. The van der Waals surface area contributed by atoms with Gasteiger partial charge in [0.05, 0.1) is 6.54 Å². The molecule has 1 saturated carbocycles.